The Labute approximate surface area is 98.0 Å². The highest BCUT2D eigenvalue weighted by Crippen LogP contribution is 2.31. The summed E-state index contributed by atoms with van der Waals surface area (Å²) in [4.78, 5) is 14.2. The smallest absolute Gasteiger partial charge is 0.503 e. The molecule has 0 bridgehead atoms. The molecular weight excluding hydrogens is 262 g/mol. The molecule has 0 aliphatic carbocycles. The van der Waals surface area contributed by atoms with Crippen molar-refractivity contribution < 1.29 is 36.9 Å². The maximum absolute atomic E-state index is 12.5. The maximum Gasteiger partial charge on any atom is 0.574 e. The summed E-state index contributed by atoms with van der Waals surface area (Å²) in [6.45, 7) is -1.21. The molecule has 0 aliphatic rings. The lowest BCUT2D eigenvalue weighted by Gasteiger charge is -2.11. The Morgan fingerprint density at radius 1 is 1.50 bits per heavy atom. The van der Waals surface area contributed by atoms with Crippen LogP contribution in [0.2, 0.25) is 0 Å². The van der Waals surface area contributed by atoms with Crippen LogP contribution >= 0.6 is 0 Å². The van der Waals surface area contributed by atoms with E-state index >= 15 is 0 Å². The molecule has 0 atom stereocenters. The van der Waals surface area contributed by atoms with E-state index in [4.69, 9.17) is 5.11 Å². The summed E-state index contributed by atoms with van der Waals surface area (Å²) in [6.07, 6.45) is -5.10. The molecule has 0 spiro atoms. The fraction of sp³-hybridized carbons (Fsp3) is 0.333. The number of methoxy groups -OCH3 is 1. The summed E-state index contributed by atoms with van der Waals surface area (Å²) in [7, 11) is 0.948. The third-order valence-corrected chi connectivity index (χ3v) is 1.78. The van der Waals surface area contributed by atoms with Gasteiger partial charge in [0.15, 0.2) is 11.4 Å². The van der Waals surface area contributed by atoms with Crippen LogP contribution in [0.1, 0.15) is 16.1 Å². The van der Waals surface area contributed by atoms with Crippen LogP contribution in [0.3, 0.4) is 0 Å². The Morgan fingerprint density at radius 2 is 2.11 bits per heavy atom. The topological polar surface area (TPSA) is 68.7 Å². The van der Waals surface area contributed by atoms with Crippen LogP contribution in [0.25, 0.3) is 0 Å². The minimum Gasteiger partial charge on any atom is -0.503 e. The first-order chi connectivity index (χ1) is 8.28. The first-order valence-corrected chi connectivity index (χ1v) is 4.41. The largest absolute Gasteiger partial charge is 0.574 e. The molecule has 1 aromatic rings. The Hall–Kier alpha value is -2.06. The first kappa shape index (κ1) is 14.0. The van der Waals surface area contributed by atoms with Crippen molar-refractivity contribution in [1.29, 1.82) is 0 Å². The van der Waals surface area contributed by atoms with Gasteiger partial charge in [-0.2, -0.15) is 0 Å². The second kappa shape index (κ2) is 5.07. The Bertz CT molecular complexity index is 461. The SMILES string of the molecule is COC(=O)c1nc(OC(F)(F)F)c(O)cc1CF. The van der Waals surface area contributed by atoms with Crippen molar-refractivity contribution in [3.05, 3.63) is 17.3 Å². The van der Waals surface area contributed by atoms with E-state index in [0.717, 1.165) is 7.11 Å². The third-order valence-electron chi connectivity index (χ3n) is 1.78. The number of aromatic nitrogens is 1. The number of halogens is 4. The number of carbonyl (C=O) groups is 1. The Balaban J connectivity index is 3.25. The molecule has 0 saturated carbocycles. The van der Waals surface area contributed by atoms with Gasteiger partial charge in [0.25, 0.3) is 5.88 Å². The van der Waals surface area contributed by atoms with Crippen LogP contribution < -0.4 is 4.74 Å². The van der Waals surface area contributed by atoms with E-state index in [-0.39, 0.29) is 0 Å². The van der Waals surface area contributed by atoms with E-state index < -0.39 is 41.9 Å². The van der Waals surface area contributed by atoms with Gasteiger partial charge in [-0.05, 0) is 6.07 Å². The number of rotatable bonds is 3. The zero-order valence-corrected chi connectivity index (χ0v) is 8.92. The predicted molar refractivity (Wildman–Crippen MR) is 48.7 cm³/mol. The van der Waals surface area contributed by atoms with Crippen molar-refractivity contribution in [2.75, 3.05) is 7.11 Å². The zero-order chi connectivity index (χ0) is 13.9. The molecule has 0 unspecified atom stereocenters. The molecule has 100 valence electrons. The number of nitrogens with zero attached hydrogens (tertiary/aromatic N) is 1. The van der Waals surface area contributed by atoms with E-state index in [1.165, 1.54) is 0 Å². The molecule has 0 radical (unpaired) electrons. The highest BCUT2D eigenvalue weighted by atomic mass is 19.4. The van der Waals surface area contributed by atoms with Gasteiger partial charge < -0.3 is 14.6 Å². The number of pyridine rings is 1. The summed E-state index contributed by atoms with van der Waals surface area (Å²) in [5.41, 5.74) is -1.11. The van der Waals surface area contributed by atoms with E-state index in [9.17, 15) is 22.4 Å². The van der Waals surface area contributed by atoms with Crippen molar-refractivity contribution in [3.8, 4) is 11.6 Å². The number of aromatic hydroxyl groups is 1. The van der Waals surface area contributed by atoms with Crippen molar-refractivity contribution in [2.45, 2.75) is 13.0 Å². The molecule has 0 aromatic carbocycles. The lowest BCUT2D eigenvalue weighted by molar-refractivity contribution is -0.276. The fourth-order valence-electron chi connectivity index (χ4n) is 1.09. The van der Waals surface area contributed by atoms with Gasteiger partial charge in [-0.1, -0.05) is 0 Å². The monoisotopic (exact) mass is 269 g/mol. The molecule has 0 fully saturated rings. The molecule has 1 aromatic heterocycles. The molecule has 5 nitrogen and oxygen atoms in total. The molecule has 1 rings (SSSR count). The van der Waals surface area contributed by atoms with Crippen molar-refractivity contribution >= 4 is 5.97 Å². The van der Waals surface area contributed by atoms with Crippen molar-refractivity contribution in [1.82, 2.24) is 4.98 Å². The van der Waals surface area contributed by atoms with Crippen molar-refractivity contribution in [3.63, 3.8) is 0 Å². The molecular formula is C9H7F4NO4. The van der Waals surface area contributed by atoms with Gasteiger partial charge >= 0.3 is 12.3 Å². The number of carbonyl (C=O) groups excluding carboxylic acids is 1. The second-order valence-corrected chi connectivity index (χ2v) is 2.99. The minimum atomic E-state index is -5.10. The second-order valence-electron chi connectivity index (χ2n) is 2.99. The van der Waals surface area contributed by atoms with Gasteiger partial charge in [0.05, 0.1) is 7.11 Å². The Morgan fingerprint density at radius 3 is 2.56 bits per heavy atom. The maximum atomic E-state index is 12.5. The van der Waals surface area contributed by atoms with Crippen LogP contribution in [0, 0.1) is 0 Å². The van der Waals surface area contributed by atoms with E-state index in [0.29, 0.717) is 6.07 Å². The van der Waals surface area contributed by atoms with Gasteiger partial charge in [-0.15, -0.1) is 13.2 Å². The minimum absolute atomic E-state index is 0.408. The van der Waals surface area contributed by atoms with Gasteiger partial charge in [-0.3, -0.25) is 0 Å². The predicted octanol–water partition coefficient (Wildman–Crippen LogP) is 1.94. The van der Waals surface area contributed by atoms with E-state index in [1.807, 2.05) is 0 Å². The highest BCUT2D eigenvalue weighted by Gasteiger charge is 2.34. The average Bonchev–Trinajstić information content (AvgIpc) is 2.28. The molecule has 9 heteroatoms. The normalized spacial score (nSPS) is 11.2. The standard InChI is InChI=1S/C9H7F4NO4/c1-17-8(16)6-4(3-10)2-5(15)7(14-6)18-9(11,12)13/h2,15H,3H2,1H3. The summed E-state index contributed by atoms with van der Waals surface area (Å²) in [5.74, 6) is -3.43. The van der Waals surface area contributed by atoms with E-state index in [2.05, 4.69) is 14.5 Å². The average molecular weight is 269 g/mol. The van der Waals surface area contributed by atoms with Gasteiger partial charge in [0.2, 0.25) is 0 Å². The molecule has 18 heavy (non-hydrogen) atoms. The third kappa shape index (κ3) is 3.22. The lowest BCUT2D eigenvalue weighted by atomic mass is 10.2. The highest BCUT2D eigenvalue weighted by molar-refractivity contribution is 5.89. The molecule has 0 aliphatic heterocycles. The van der Waals surface area contributed by atoms with Crippen LogP contribution in [-0.2, 0) is 11.4 Å². The fourth-order valence-corrected chi connectivity index (χ4v) is 1.09. The molecule has 0 saturated heterocycles. The number of ether oxygens (including phenoxy) is 2. The number of alkyl halides is 4. The van der Waals surface area contributed by atoms with E-state index in [1.54, 1.807) is 0 Å². The summed E-state index contributed by atoms with van der Waals surface area (Å²) < 4.78 is 56.0. The summed E-state index contributed by atoms with van der Waals surface area (Å²) >= 11 is 0. The quantitative estimate of drug-likeness (QED) is 0.670. The van der Waals surface area contributed by atoms with Gasteiger partial charge in [0.1, 0.15) is 6.67 Å². The number of hydrogen-bond acceptors (Lipinski definition) is 5. The number of hydrogen-bond donors (Lipinski definition) is 1. The van der Waals surface area contributed by atoms with Gasteiger partial charge in [-0.25, -0.2) is 14.2 Å². The van der Waals surface area contributed by atoms with Crippen LogP contribution in [0.15, 0.2) is 6.07 Å². The van der Waals surface area contributed by atoms with Crippen LogP contribution in [0.4, 0.5) is 17.6 Å². The zero-order valence-electron chi connectivity index (χ0n) is 8.92. The number of esters is 1. The van der Waals surface area contributed by atoms with Crippen LogP contribution in [-0.4, -0.2) is 29.5 Å². The van der Waals surface area contributed by atoms with Crippen LogP contribution in [0.5, 0.6) is 11.6 Å². The summed E-state index contributed by atoms with van der Waals surface area (Å²) in [5, 5.41) is 9.16. The molecule has 1 heterocycles. The molecule has 0 amide bonds. The summed E-state index contributed by atoms with van der Waals surface area (Å²) in [6, 6.07) is 0.611. The van der Waals surface area contributed by atoms with Gasteiger partial charge in [0, 0.05) is 5.56 Å². The lowest BCUT2D eigenvalue weighted by Crippen LogP contribution is -2.19. The van der Waals surface area contributed by atoms with Crippen molar-refractivity contribution in [2.24, 2.45) is 0 Å². The first-order valence-electron chi connectivity index (χ1n) is 4.41. The molecule has 1 N–H and O–H groups in total. The Kier molecular flexibility index (Phi) is 3.94.